The summed E-state index contributed by atoms with van der Waals surface area (Å²) in [5.74, 6) is 0. The first-order valence-electron chi connectivity index (χ1n) is 8.03. The molecule has 112 valence electrons. The molecule has 0 spiro atoms. The fourth-order valence-corrected chi connectivity index (χ4v) is 3.44. The highest BCUT2D eigenvalue weighted by Gasteiger charge is 2.29. The van der Waals surface area contributed by atoms with Gasteiger partial charge in [-0.25, -0.2) is 0 Å². The number of aliphatic hydroxyl groups is 1. The largest absolute Gasteiger partial charge is 0.394 e. The van der Waals surface area contributed by atoms with E-state index >= 15 is 0 Å². The standard InChI is InChI=1S/C15H31N3O/c1-2-15(16,13-19)7-5-8-17-11-6-14(12-17)18-9-3-4-10-18/h14,19H,2-13,16H2,1H3. The summed E-state index contributed by atoms with van der Waals surface area (Å²) in [5, 5.41) is 9.32. The minimum absolute atomic E-state index is 0.111. The van der Waals surface area contributed by atoms with Crippen LogP contribution in [0.3, 0.4) is 0 Å². The van der Waals surface area contributed by atoms with Gasteiger partial charge in [0.15, 0.2) is 0 Å². The number of hydrogen-bond donors (Lipinski definition) is 2. The molecule has 2 aliphatic heterocycles. The third-order valence-electron chi connectivity index (χ3n) is 5.07. The molecule has 2 heterocycles. The van der Waals surface area contributed by atoms with Crippen molar-refractivity contribution in [1.82, 2.24) is 9.80 Å². The number of likely N-dealkylation sites (tertiary alicyclic amines) is 2. The third kappa shape index (κ3) is 4.15. The summed E-state index contributed by atoms with van der Waals surface area (Å²) in [6, 6.07) is 0.800. The molecule has 2 unspecified atom stereocenters. The highest BCUT2D eigenvalue weighted by atomic mass is 16.3. The van der Waals surface area contributed by atoms with Crippen molar-refractivity contribution in [2.24, 2.45) is 5.73 Å². The molecule has 0 aromatic rings. The van der Waals surface area contributed by atoms with Gasteiger partial charge in [-0.15, -0.1) is 0 Å². The van der Waals surface area contributed by atoms with Crippen molar-refractivity contribution in [3.8, 4) is 0 Å². The topological polar surface area (TPSA) is 52.7 Å². The molecule has 0 amide bonds. The van der Waals surface area contributed by atoms with Gasteiger partial charge >= 0.3 is 0 Å². The molecule has 0 radical (unpaired) electrons. The second-order valence-electron chi connectivity index (χ2n) is 6.46. The van der Waals surface area contributed by atoms with Crippen LogP contribution in [0.4, 0.5) is 0 Å². The van der Waals surface area contributed by atoms with Crippen LogP contribution in [-0.4, -0.2) is 65.8 Å². The van der Waals surface area contributed by atoms with E-state index in [1.807, 2.05) is 0 Å². The molecule has 3 N–H and O–H groups in total. The van der Waals surface area contributed by atoms with E-state index in [0.29, 0.717) is 0 Å². The van der Waals surface area contributed by atoms with Crippen LogP contribution < -0.4 is 5.73 Å². The lowest BCUT2D eigenvalue weighted by Gasteiger charge is -2.27. The Morgan fingerprint density at radius 1 is 1.26 bits per heavy atom. The fourth-order valence-electron chi connectivity index (χ4n) is 3.44. The molecule has 0 aromatic heterocycles. The van der Waals surface area contributed by atoms with E-state index in [9.17, 15) is 5.11 Å². The SMILES string of the molecule is CCC(N)(CO)CCCN1CCC(N2CCCC2)C1. The number of rotatable bonds is 7. The van der Waals surface area contributed by atoms with Crippen LogP contribution in [0.15, 0.2) is 0 Å². The zero-order valence-electron chi connectivity index (χ0n) is 12.5. The van der Waals surface area contributed by atoms with Gasteiger partial charge in [-0.1, -0.05) is 6.92 Å². The van der Waals surface area contributed by atoms with Crippen molar-refractivity contribution in [2.45, 2.75) is 57.0 Å². The van der Waals surface area contributed by atoms with Crippen molar-refractivity contribution >= 4 is 0 Å². The van der Waals surface area contributed by atoms with Crippen LogP contribution in [0.1, 0.15) is 45.4 Å². The number of nitrogens with two attached hydrogens (primary N) is 1. The van der Waals surface area contributed by atoms with Gasteiger partial charge in [-0.05, 0) is 64.7 Å². The summed E-state index contributed by atoms with van der Waals surface area (Å²) in [6.45, 7) is 8.42. The third-order valence-corrected chi connectivity index (χ3v) is 5.07. The molecule has 2 rings (SSSR count). The van der Waals surface area contributed by atoms with Crippen molar-refractivity contribution in [3.05, 3.63) is 0 Å². The molecule has 2 aliphatic rings. The normalized spacial score (nSPS) is 28.9. The van der Waals surface area contributed by atoms with Crippen LogP contribution in [0.2, 0.25) is 0 Å². The maximum absolute atomic E-state index is 9.32. The minimum atomic E-state index is -0.353. The fraction of sp³-hybridized carbons (Fsp3) is 1.00. The Labute approximate surface area is 117 Å². The van der Waals surface area contributed by atoms with Crippen molar-refractivity contribution in [1.29, 1.82) is 0 Å². The molecular weight excluding hydrogens is 238 g/mol. The second-order valence-corrected chi connectivity index (χ2v) is 6.46. The van der Waals surface area contributed by atoms with E-state index in [0.717, 1.165) is 31.8 Å². The average molecular weight is 269 g/mol. The smallest absolute Gasteiger partial charge is 0.0611 e. The predicted octanol–water partition coefficient (Wildman–Crippen LogP) is 1.04. The molecule has 2 saturated heterocycles. The van der Waals surface area contributed by atoms with Crippen molar-refractivity contribution in [2.75, 3.05) is 39.3 Å². The van der Waals surface area contributed by atoms with Crippen LogP contribution >= 0.6 is 0 Å². The number of nitrogens with zero attached hydrogens (tertiary/aromatic N) is 2. The van der Waals surface area contributed by atoms with Crippen LogP contribution in [-0.2, 0) is 0 Å². The summed E-state index contributed by atoms with van der Waals surface area (Å²) in [5.41, 5.74) is 5.78. The van der Waals surface area contributed by atoms with E-state index in [1.54, 1.807) is 0 Å². The lowest BCUT2D eigenvalue weighted by Crippen LogP contribution is -2.43. The molecular formula is C15H31N3O. The van der Waals surface area contributed by atoms with Crippen molar-refractivity contribution < 1.29 is 5.11 Å². The first-order chi connectivity index (χ1) is 9.17. The van der Waals surface area contributed by atoms with E-state index in [4.69, 9.17) is 5.73 Å². The Balaban J connectivity index is 1.65. The summed E-state index contributed by atoms with van der Waals surface area (Å²) in [6.07, 6.45) is 7.02. The zero-order chi connectivity index (χ0) is 13.7. The average Bonchev–Trinajstić information content (AvgIpc) is 3.09. The molecule has 4 nitrogen and oxygen atoms in total. The van der Waals surface area contributed by atoms with Crippen molar-refractivity contribution in [3.63, 3.8) is 0 Å². The first kappa shape index (κ1) is 15.2. The highest BCUT2D eigenvalue weighted by Crippen LogP contribution is 2.21. The molecule has 0 bridgehead atoms. The van der Waals surface area contributed by atoms with Crippen LogP contribution in [0.25, 0.3) is 0 Å². The van der Waals surface area contributed by atoms with Gasteiger partial charge in [0.1, 0.15) is 0 Å². The Bertz CT molecular complexity index is 262. The van der Waals surface area contributed by atoms with Gasteiger partial charge in [0.25, 0.3) is 0 Å². The van der Waals surface area contributed by atoms with Gasteiger partial charge < -0.3 is 15.7 Å². The monoisotopic (exact) mass is 269 g/mol. The zero-order valence-corrected chi connectivity index (χ0v) is 12.5. The van der Waals surface area contributed by atoms with Crippen LogP contribution in [0, 0.1) is 0 Å². The van der Waals surface area contributed by atoms with Gasteiger partial charge in [-0.2, -0.15) is 0 Å². The molecule has 2 fully saturated rings. The van der Waals surface area contributed by atoms with E-state index in [2.05, 4.69) is 16.7 Å². The second kappa shape index (κ2) is 7.02. The first-order valence-corrected chi connectivity index (χ1v) is 8.03. The molecule has 4 heteroatoms. The van der Waals surface area contributed by atoms with E-state index in [1.165, 1.54) is 45.4 Å². The van der Waals surface area contributed by atoms with E-state index in [-0.39, 0.29) is 12.1 Å². The Morgan fingerprint density at radius 3 is 2.63 bits per heavy atom. The summed E-state index contributed by atoms with van der Waals surface area (Å²) >= 11 is 0. The maximum Gasteiger partial charge on any atom is 0.0611 e. The number of hydrogen-bond acceptors (Lipinski definition) is 4. The van der Waals surface area contributed by atoms with Gasteiger partial charge in [0.2, 0.25) is 0 Å². The summed E-state index contributed by atoms with van der Waals surface area (Å²) in [7, 11) is 0. The predicted molar refractivity (Wildman–Crippen MR) is 79.2 cm³/mol. The quantitative estimate of drug-likeness (QED) is 0.725. The van der Waals surface area contributed by atoms with Gasteiger partial charge in [0.05, 0.1) is 6.61 Å². The summed E-state index contributed by atoms with van der Waals surface area (Å²) < 4.78 is 0. The molecule has 0 saturated carbocycles. The summed E-state index contributed by atoms with van der Waals surface area (Å²) in [4.78, 5) is 5.25. The Hall–Kier alpha value is -0.160. The molecule has 19 heavy (non-hydrogen) atoms. The molecule has 0 aromatic carbocycles. The Kier molecular flexibility index (Phi) is 5.63. The maximum atomic E-state index is 9.32. The molecule has 0 aliphatic carbocycles. The highest BCUT2D eigenvalue weighted by molar-refractivity contribution is 4.87. The van der Waals surface area contributed by atoms with E-state index < -0.39 is 0 Å². The lowest BCUT2D eigenvalue weighted by atomic mass is 9.92. The van der Waals surface area contributed by atoms with Gasteiger partial charge in [-0.3, -0.25) is 4.90 Å². The molecule has 2 atom stereocenters. The minimum Gasteiger partial charge on any atom is -0.394 e. The van der Waals surface area contributed by atoms with Gasteiger partial charge in [0, 0.05) is 18.1 Å². The number of aliphatic hydroxyl groups excluding tert-OH is 1. The lowest BCUT2D eigenvalue weighted by molar-refractivity contribution is 0.172. The Morgan fingerprint density at radius 2 is 2.00 bits per heavy atom. The van der Waals surface area contributed by atoms with Crippen LogP contribution in [0.5, 0.6) is 0 Å².